The number of nitrogens with one attached hydrogen (secondary N) is 3. The molecule has 4 heterocycles. The molecule has 0 aliphatic carbocycles. The van der Waals surface area contributed by atoms with E-state index in [9.17, 15) is 9.59 Å². The first-order valence-electron chi connectivity index (χ1n) is 9.57. The minimum Gasteiger partial charge on any atom is -0.356 e. The number of likely N-dealkylation sites (tertiary alicyclic amines) is 1. The van der Waals surface area contributed by atoms with Gasteiger partial charge in [-0.05, 0) is 49.5 Å². The average molecular weight is 334 g/mol. The first-order chi connectivity index (χ1) is 11.6. The number of hydrogen-bond donors (Lipinski definition) is 3. The van der Waals surface area contributed by atoms with Crippen molar-refractivity contribution in [3.05, 3.63) is 0 Å². The number of nitrogens with zero attached hydrogens (tertiary/aromatic N) is 1. The van der Waals surface area contributed by atoms with Gasteiger partial charge in [-0.2, -0.15) is 0 Å². The smallest absolute Gasteiger partial charge is 0.220 e. The van der Waals surface area contributed by atoms with Gasteiger partial charge in [-0.3, -0.25) is 14.5 Å². The van der Waals surface area contributed by atoms with Gasteiger partial charge in [-0.1, -0.05) is 0 Å². The van der Waals surface area contributed by atoms with Gasteiger partial charge in [0, 0.05) is 51.6 Å². The Morgan fingerprint density at radius 2 is 1.67 bits per heavy atom. The third-order valence-electron chi connectivity index (χ3n) is 6.78. The van der Waals surface area contributed by atoms with Crippen molar-refractivity contribution in [1.29, 1.82) is 0 Å². The van der Waals surface area contributed by atoms with Gasteiger partial charge in [0.2, 0.25) is 11.8 Å². The minimum absolute atomic E-state index is 0.139. The van der Waals surface area contributed by atoms with Crippen molar-refractivity contribution in [1.82, 2.24) is 20.9 Å². The molecular weight excluding hydrogens is 304 g/mol. The van der Waals surface area contributed by atoms with Crippen LogP contribution in [0.25, 0.3) is 0 Å². The van der Waals surface area contributed by atoms with Crippen molar-refractivity contribution >= 4 is 11.8 Å². The highest BCUT2D eigenvalue weighted by Crippen LogP contribution is 2.42. The average Bonchev–Trinajstić information content (AvgIpc) is 2.54. The van der Waals surface area contributed by atoms with E-state index in [2.05, 4.69) is 20.9 Å². The van der Waals surface area contributed by atoms with Crippen LogP contribution >= 0.6 is 0 Å². The normalized spacial score (nSPS) is 41.2. The summed E-state index contributed by atoms with van der Waals surface area (Å²) in [7, 11) is 0. The number of carbonyl (C=O) groups is 2. The highest BCUT2D eigenvalue weighted by Gasteiger charge is 2.45. The van der Waals surface area contributed by atoms with E-state index >= 15 is 0 Å². The fourth-order valence-corrected chi connectivity index (χ4v) is 5.55. The Bertz CT molecular complexity index is 471. The second-order valence-corrected chi connectivity index (χ2v) is 8.62. The van der Waals surface area contributed by atoms with E-state index in [1.165, 1.54) is 12.8 Å². The van der Waals surface area contributed by atoms with Gasteiger partial charge in [0.1, 0.15) is 0 Å². The van der Waals surface area contributed by atoms with Gasteiger partial charge in [0.05, 0.1) is 0 Å². The zero-order valence-corrected chi connectivity index (χ0v) is 14.5. The molecule has 24 heavy (non-hydrogen) atoms. The summed E-state index contributed by atoms with van der Waals surface area (Å²) >= 11 is 0. The van der Waals surface area contributed by atoms with E-state index in [1.807, 2.05) is 0 Å². The monoisotopic (exact) mass is 334 g/mol. The van der Waals surface area contributed by atoms with Crippen molar-refractivity contribution in [2.24, 2.45) is 10.8 Å². The summed E-state index contributed by atoms with van der Waals surface area (Å²) in [6.07, 6.45) is 7.05. The Morgan fingerprint density at radius 3 is 2.42 bits per heavy atom. The van der Waals surface area contributed by atoms with Gasteiger partial charge >= 0.3 is 0 Å². The summed E-state index contributed by atoms with van der Waals surface area (Å²) in [6, 6.07) is 0.506. The third kappa shape index (κ3) is 3.18. The van der Waals surface area contributed by atoms with Crippen molar-refractivity contribution in [3.8, 4) is 0 Å². The second kappa shape index (κ2) is 6.30. The zero-order chi connectivity index (χ0) is 16.6. The quantitative estimate of drug-likeness (QED) is 0.642. The Hall–Kier alpha value is -1.14. The molecule has 4 aliphatic rings. The molecule has 6 heteroatoms. The number of carbonyl (C=O) groups excluding carboxylic acids is 2. The largest absolute Gasteiger partial charge is 0.356 e. The van der Waals surface area contributed by atoms with Crippen LogP contribution in [0.3, 0.4) is 0 Å². The Labute approximate surface area is 144 Å². The van der Waals surface area contributed by atoms with Crippen molar-refractivity contribution in [2.45, 2.75) is 51.0 Å². The standard InChI is InChI=1S/C18H30N4O2/c23-15-9-17(3-5-20-15)2-1-7-22(13-17)14-8-18(12-19-11-14)4-6-21-16(24)10-18/h14,19H,1-13H2,(H,20,23)(H,21,24). The summed E-state index contributed by atoms with van der Waals surface area (Å²) in [5, 5.41) is 9.57. The molecule has 4 aliphatic heterocycles. The molecule has 0 aromatic carbocycles. The maximum Gasteiger partial charge on any atom is 0.220 e. The highest BCUT2D eigenvalue weighted by atomic mass is 16.2. The SMILES string of the molecule is O=C1CC2(CCN1)CNCC(N1CCCC3(CCNC(=O)C3)C1)C2. The van der Waals surface area contributed by atoms with Crippen LogP contribution in [0.4, 0.5) is 0 Å². The number of rotatable bonds is 1. The number of hydrogen-bond acceptors (Lipinski definition) is 4. The van der Waals surface area contributed by atoms with Crippen molar-refractivity contribution in [2.75, 3.05) is 39.3 Å². The predicted molar refractivity (Wildman–Crippen MR) is 91.4 cm³/mol. The second-order valence-electron chi connectivity index (χ2n) is 8.62. The van der Waals surface area contributed by atoms with Crippen LogP contribution in [0.1, 0.15) is 44.9 Å². The van der Waals surface area contributed by atoms with Gasteiger partial charge in [-0.15, -0.1) is 0 Å². The van der Waals surface area contributed by atoms with Crippen LogP contribution in [0.5, 0.6) is 0 Å². The van der Waals surface area contributed by atoms with Crippen LogP contribution < -0.4 is 16.0 Å². The van der Waals surface area contributed by atoms with Gasteiger partial charge in [-0.25, -0.2) is 0 Å². The molecule has 3 atom stereocenters. The van der Waals surface area contributed by atoms with Crippen LogP contribution in [0.2, 0.25) is 0 Å². The summed E-state index contributed by atoms with van der Waals surface area (Å²) in [6.45, 7) is 5.83. The summed E-state index contributed by atoms with van der Waals surface area (Å²) in [4.78, 5) is 26.4. The van der Waals surface area contributed by atoms with Crippen LogP contribution in [-0.4, -0.2) is 62.0 Å². The molecule has 0 aromatic heterocycles. The lowest BCUT2D eigenvalue weighted by Crippen LogP contribution is -2.60. The minimum atomic E-state index is 0.139. The Morgan fingerprint density at radius 1 is 0.958 bits per heavy atom. The van der Waals surface area contributed by atoms with Crippen LogP contribution in [-0.2, 0) is 9.59 Å². The molecule has 4 rings (SSSR count). The molecule has 4 saturated heterocycles. The van der Waals surface area contributed by atoms with Gasteiger partial charge in [0.25, 0.3) is 0 Å². The molecule has 0 saturated carbocycles. The van der Waals surface area contributed by atoms with E-state index in [1.54, 1.807) is 0 Å². The predicted octanol–water partition coefficient (Wildman–Crippen LogP) is 0.237. The molecule has 6 nitrogen and oxygen atoms in total. The first kappa shape index (κ1) is 16.3. The third-order valence-corrected chi connectivity index (χ3v) is 6.78. The topological polar surface area (TPSA) is 73.5 Å². The van der Waals surface area contributed by atoms with Crippen LogP contribution in [0.15, 0.2) is 0 Å². The summed E-state index contributed by atoms with van der Waals surface area (Å²) in [5.41, 5.74) is 0.328. The first-order valence-corrected chi connectivity index (χ1v) is 9.57. The van der Waals surface area contributed by atoms with Gasteiger partial charge < -0.3 is 16.0 Å². The molecule has 0 bridgehead atoms. The van der Waals surface area contributed by atoms with Crippen molar-refractivity contribution < 1.29 is 9.59 Å². The maximum atomic E-state index is 11.9. The van der Waals surface area contributed by atoms with E-state index in [0.717, 1.165) is 58.5 Å². The molecule has 2 amide bonds. The summed E-state index contributed by atoms with van der Waals surface area (Å²) in [5.74, 6) is 0.438. The molecule has 4 fully saturated rings. The molecule has 0 radical (unpaired) electrons. The lowest BCUT2D eigenvalue weighted by Gasteiger charge is -2.51. The highest BCUT2D eigenvalue weighted by molar-refractivity contribution is 5.78. The van der Waals surface area contributed by atoms with E-state index in [0.29, 0.717) is 18.9 Å². The lowest BCUT2D eigenvalue weighted by atomic mass is 9.69. The maximum absolute atomic E-state index is 11.9. The fraction of sp³-hybridized carbons (Fsp3) is 0.889. The van der Waals surface area contributed by atoms with Crippen molar-refractivity contribution in [3.63, 3.8) is 0 Å². The molecule has 2 spiro atoms. The molecule has 134 valence electrons. The zero-order valence-electron chi connectivity index (χ0n) is 14.5. The van der Waals surface area contributed by atoms with Crippen LogP contribution in [0, 0.1) is 10.8 Å². The molecule has 3 N–H and O–H groups in total. The molecule has 0 aromatic rings. The van der Waals surface area contributed by atoms with E-state index < -0.39 is 0 Å². The number of amides is 2. The van der Waals surface area contributed by atoms with E-state index in [4.69, 9.17) is 0 Å². The number of piperidine rings is 4. The van der Waals surface area contributed by atoms with Gasteiger partial charge in [0.15, 0.2) is 0 Å². The fourth-order valence-electron chi connectivity index (χ4n) is 5.55. The lowest BCUT2D eigenvalue weighted by molar-refractivity contribution is -0.129. The molecule has 3 unspecified atom stereocenters. The Kier molecular flexibility index (Phi) is 4.29. The summed E-state index contributed by atoms with van der Waals surface area (Å²) < 4.78 is 0. The van der Waals surface area contributed by atoms with E-state index in [-0.39, 0.29) is 22.6 Å². The Balaban J connectivity index is 1.45. The molecular formula is C18H30N4O2.